The van der Waals surface area contributed by atoms with E-state index in [-0.39, 0.29) is 11.8 Å². The Balaban J connectivity index is 1.27. The second kappa shape index (κ2) is 8.86. The quantitative estimate of drug-likeness (QED) is 0.640. The fourth-order valence-electron chi connectivity index (χ4n) is 4.46. The molecule has 2 amide bonds. The number of piperazine rings is 1. The van der Waals surface area contributed by atoms with Gasteiger partial charge in [0, 0.05) is 57.6 Å². The Morgan fingerprint density at radius 1 is 0.844 bits per heavy atom. The van der Waals surface area contributed by atoms with E-state index in [1.54, 1.807) is 10.7 Å². The van der Waals surface area contributed by atoms with E-state index in [9.17, 15) is 9.59 Å². The van der Waals surface area contributed by atoms with Crippen molar-refractivity contribution in [2.24, 2.45) is 0 Å². The molecule has 32 heavy (non-hydrogen) atoms. The Morgan fingerprint density at radius 2 is 1.53 bits per heavy atom. The number of aromatic nitrogens is 2. The van der Waals surface area contributed by atoms with Crippen molar-refractivity contribution in [3.63, 3.8) is 0 Å². The summed E-state index contributed by atoms with van der Waals surface area (Å²) in [5, 5.41) is 4.52. The lowest BCUT2D eigenvalue weighted by Crippen LogP contribution is -2.48. The molecule has 164 valence electrons. The molecule has 0 bridgehead atoms. The van der Waals surface area contributed by atoms with Crippen molar-refractivity contribution in [3.8, 4) is 0 Å². The molecule has 1 saturated heterocycles. The van der Waals surface area contributed by atoms with Crippen LogP contribution in [-0.4, -0.2) is 64.1 Å². The molecule has 5 rings (SSSR count). The molecule has 0 N–H and O–H groups in total. The monoisotopic (exact) mass is 429 g/mol. The summed E-state index contributed by atoms with van der Waals surface area (Å²) in [6.45, 7) is 4.74. The highest BCUT2D eigenvalue weighted by Gasteiger charge is 2.29. The Morgan fingerprint density at radius 3 is 2.25 bits per heavy atom. The van der Waals surface area contributed by atoms with E-state index in [0.29, 0.717) is 44.1 Å². The number of fused-ring (bicyclic) bond motifs is 1. The van der Waals surface area contributed by atoms with Crippen molar-refractivity contribution >= 4 is 17.5 Å². The molecule has 1 aromatic heterocycles. The molecular weight excluding hydrogens is 402 g/mol. The number of anilines is 1. The molecule has 7 nitrogen and oxygen atoms in total. The molecular formula is C25H27N5O2. The van der Waals surface area contributed by atoms with Gasteiger partial charge in [0.15, 0.2) is 5.69 Å². The molecule has 2 aromatic carbocycles. The number of amides is 2. The minimum Gasteiger partial charge on any atom is -0.368 e. The van der Waals surface area contributed by atoms with E-state index in [1.807, 2.05) is 58.3 Å². The largest absolute Gasteiger partial charge is 0.368 e. The van der Waals surface area contributed by atoms with E-state index < -0.39 is 0 Å². The van der Waals surface area contributed by atoms with Gasteiger partial charge in [-0.15, -0.1) is 0 Å². The molecule has 2 aliphatic heterocycles. The number of nitrogens with zero attached hydrogens (tertiary/aromatic N) is 5. The molecule has 2 aliphatic rings. The summed E-state index contributed by atoms with van der Waals surface area (Å²) in [4.78, 5) is 32.3. The lowest BCUT2D eigenvalue weighted by molar-refractivity contribution is 0.0738. The normalized spacial score (nSPS) is 16.6. The summed E-state index contributed by atoms with van der Waals surface area (Å²) in [5.41, 5.74) is 3.14. The number of carbonyl (C=O) groups excluding carboxylic acids is 2. The predicted octanol–water partition coefficient (Wildman–Crippen LogP) is 2.89. The molecule has 3 aromatic rings. The molecule has 3 heterocycles. The molecule has 0 unspecified atom stereocenters. The van der Waals surface area contributed by atoms with E-state index in [4.69, 9.17) is 0 Å². The minimum atomic E-state index is -0.0966. The zero-order chi connectivity index (χ0) is 21.9. The van der Waals surface area contributed by atoms with Crippen LogP contribution >= 0.6 is 0 Å². The maximum Gasteiger partial charge on any atom is 0.274 e. The highest BCUT2D eigenvalue weighted by molar-refractivity contribution is 5.98. The number of rotatable bonds is 4. The van der Waals surface area contributed by atoms with Crippen LogP contribution in [0.2, 0.25) is 0 Å². The highest BCUT2D eigenvalue weighted by atomic mass is 16.2. The van der Waals surface area contributed by atoms with Gasteiger partial charge in [0.1, 0.15) is 5.69 Å². The number of para-hydroxylation sites is 1. The SMILES string of the molecule is O=C(c1cc2n(n1)CCCN(Cc1ccccc1)C2=O)N1CCN(c2ccccc2)CC1. The number of hydrogen-bond donors (Lipinski definition) is 0. The molecule has 0 radical (unpaired) electrons. The average molecular weight is 430 g/mol. The predicted molar refractivity (Wildman–Crippen MR) is 123 cm³/mol. The average Bonchev–Trinajstić information content (AvgIpc) is 3.22. The van der Waals surface area contributed by atoms with Crippen LogP contribution in [0.5, 0.6) is 0 Å². The number of benzene rings is 2. The third kappa shape index (κ3) is 4.10. The molecule has 0 spiro atoms. The lowest BCUT2D eigenvalue weighted by atomic mass is 10.2. The first-order valence-corrected chi connectivity index (χ1v) is 11.2. The number of aryl methyl sites for hydroxylation is 1. The van der Waals surface area contributed by atoms with Crippen LogP contribution in [0.4, 0.5) is 5.69 Å². The van der Waals surface area contributed by atoms with Gasteiger partial charge in [-0.1, -0.05) is 48.5 Å². The standard InChI is InChI=1S/C25H27N5O2/c31-24(28-16-14-27(15-17-28)21-10-5-2-6-11-21)22-18-23-25(32)29(12-7-13-30(23)26-22)19-20-8-3-1-4-9-20/h1-6,8-11,18H,7,12-17,19H2. The Bertz CT molecular complexity index is 1090. The van der Waals surface area contributed by atoms with Gasteiger partial charge >= 0.3 is 0 Å². The van der Waals surface area contributed by atoms with Crippen molar-refractivity contribution in [2.45, 2.75) is 19.5 Å². The van der Waals surface area contributed by atoms with Crippen LogP contribution in [0.25, 0.3) is 0 Å². The van der Waals surface area contributed by atoms with Gasteiger partial charge in [0.2, 0.25) is 0 Å². The van der Waals surface area contributed by atoms with Crippen LogP contribution < -0.4 is 4.90 Å². The third-order valence-electron chi connectivity index (χ3n) is 6.21. The van der Waals surface area contributed by atoms with Gasteiger partial charge in [-0.05, 0) is 24.1 Å². The Labute approximate surface area is 187 Å². The summed E-state index contributed by atoms with van der Waals surface area (Å²) >= 11 is 0. The molecule has 0 saturated carbocycles. The van der Waals surface area contributed by atoms with Gasteiger partial charge in [-0.2, -0.15) is 5.10 Å². The van der Waals surface area contributed by atoms with Crippen LogP contribution in [0, 0.1) is 0 Å². The highest BCUT2D eigenvalue weighted by Crippen LogP contribution is 2.19. The van der Waals surface area contributed by atoms with E-state index in [1.165, 1.54) is 5.69 Å². The first kappa shape index (κ1) is 20.3. The van der Waals surface area contributed by atoms with E-state index in [0.717, 1.165) is 25.1 Å². The van der Waals surface area contributed by atoms with Crippen molar-refractivity contribution in [2.75, 3.05) is 37.6 Å². The molecule has 0 atom stereocenters. The van der Waals surface area contributed by atoms with Crippen LogP contribution in [0.3, 0.4) is 0 Å². The summed E-state index contributed by atoms with van der Waals surface area (Å²) < 4.78 is 1.71. The zero-order valence-electron chi connectivity index (χ0n) is 18.1. The molecule has 1 fully saturated rings. The van der Waals surface area contributed by atoms with Gasteiger partial charge in [-0.25, -0.2) is 0 Å². The van der Waals surface area contributed by atoms with Gasteiger partial charge in [0.25, 0.3) is 11.8 Å². The first-order valence-electron chi connectivity index (χ1n) is 11.2. The first-order chi connectivity index (χ1) is 15.7. The maximum absolute atomic E-state index is 13.2. The maximum atomic E-state index is 13.2. The number of hydrogen-bond acceptors (Lipinski definition) is 4. The lowest BCUT2D eigenvalue weighted by Gasteiger charge is -2.35. The Hall–Kier alpha value is -3.61. The van der Waals surface area contributed by atoms with Crippen molar-refractivity contribution < 1.29 is 9.59 Å². The van der Waals surface area contributed by atoms with E-state index in [2.05, 4.69) is 22.1 Å². The van der Waals surface area contributed by atoms with Crippen LogP contribution in [0.1, 0.15) is 33.0 Å². The number of carbonyl (C=O) groups is 2. The fourth-order valence-corrected chi connectivity index (χ4v) is 4.46. The summed E-state index contributed by atoms with van der Waals surface area (Å²) in [7, 11) is 0. The second-order valence-electron chi connectivity index (χ2n) is 8.32. The van der Waals surface area contributed by atoms with Crippen LogP contribution in [-0.2, 0) is 13.1 Å². The molecule has 7 heteroatoms. The van der Waals surface area contributed by atoms with Gasteiger partial charge in [0.05, 0.1) is 0 Å². The second-order valence-corrected chi connectivity index (χ2v) is 8.32. The zero-order valence-corrected chi connectivity index (χ0v) is 18.1. The smallest absolute Gasteiger partial charge is 0.274 e. The fraction of sp³-hybridized carbons (Fsp3) is 0.320. The third-order valence-corrected chi connectivity index (χ3v) is 6.21. The van der Waals surface area contributed by atoms with Gasteiger partial charge in [-0.3, -0.25) is 14.3 Å². The van der Waals surface area contributed by atoms with Crippen molar-refractivity contribution in [1.29, 1.82) is 0 Å². The molecule has 0 aliphatic carbocycles. The minimum absolute atomic E-state index is 0.0631. The van der Waals surface area contributed by atoms with Crippen molar-refractivity contribution in [3.05, 3.63) is 83.7 Å². The summed E-state index contributed by atoms with van der Waals surface area (Å²) in [5.74, 6) is -0.160. The van der Waals surface area contributed by atoms with Crippen LogP contribution in [0.15, 0.2) is 66.7 Å². The Kier molecular flexibility index (Phi) is 5.62. The topological polar surface area (TPSA) is 61.7 Å². The van der Waals surface area contributed by atoms with E-state index >= 15 is 0 Å². The summed E-state index contributed by atoms with van der Waals surface area (Å²) in [6.07, 6.45) is 0.816. The van der Waals surface area contributed by atoms with Gasteiger partial charge < -0.3 is 14.7 Å². The summed E-state index contributed by atoms with van der Waals surface area (Å²) in [6, 6.07) is 21.9. The van der Waals surface area contributed by atoms with Crippen molar-refractivity contribution in [1.82, 2.24) is 19.6 Å².